The zero-order chi connectivity index (χ0) is 20.1. The number of aryl methyl sites for hydroxylation is 1. The molecule has 1 aliphatic heterocycles. The van der Waals surface area contributed by atoms with Gasteiger partial charge in [0.05, 0.1) is 11.5 Å². The zero-order valence-electron chi connectivity index (χ0n) is 16.9. The lowest BCUT2D eigenvalue weighted by Gasteiger charge is -2.32. The first kappa shape index (κ1) is 22.6. The second-order valence-corrected chi connectivity index (χ2v) is 7.48. The summed E-state index contributed by atoms with van der Waals surface area (Å²) in [4.78, 5) is 21.7. The summed E-state index contributed by atoms with van der Waals surface area (Å²) in [6, 6.07) is 13.5. The van der Waals surface area contributed by atoms with E-state index in [0.29, 0.717) is 17.1 Å². The van der Waals surface area contributed by atoms with Gasteiger partial charge in [-0.2, -0.15) is 0 Å². The van der Waals surface area contributed by atoms with Gasteiger partial charge in [-0.1, -0.05) is 25.6 Å². The quantitative estimate of drug-likeness (QED) is 0.599. The molecule has 0 aromatic heterocycles. The van der Waals surface area contributed by atoms with Gasteiger partial charge < -0.3 is 16.0 Å². The molecular formula is C23H33N5O. The lowest BCUT2D eigenvalue weighted by Crippen LogP contribution is -2.43. The summed E-state index contributed by atoms with van der Waals surface area (Å²) >= 11 is 0. The van der Waals surface area contributed by atoms with Gasteiger partial charge in [0, 0.05) is 44.0 Å². The molecule has 0 radical (unpaired) electrons. The Kier molecular flexibility index (Phi) is 7.93. The molecule has 2 aromatic rings. The zero-order valence-corrected chi connectivity index (χ0v) is 16.9. The fourth-order valence-electron chi connectivity index (χ4n) is 3.23. The number of nitrogens with zero attached hydrogens (tertiary/aromatic N) is 3. The molecule has 1 saturated heterocycles. The number of amides is 1. The predicted molar refractivity (Wildman–Crippen MR) is 122 cm³/mol. The first-order valence-electron chi connectivity index (χ1n) is 9.63. The molecule has 1 aliphatic rings. The highest BCUT2D eigenvalue weighted by Gasteiger charge is 2.14. The van der Waals surface area contributed by atoms with Gasteiger partial charge in [0.2, 0.25) is 0 Å². The van der Waals surface area contributed by atoms with E-state index >= 15 is 0 Å². The summed E-state index contributed by atoms with van der Waals surface area (Å²) in [5, 5.41) is 2.94. The summed E-state index contributed by atoms with van der Waals surface area (Å²) < 4.78 is 0. The van der Waals surface area contributed by atoms with E-state index in [0.717, 1.165) is 44.0 Å². The van der Waals surface area contributed by atoms with Crippen molar-refractivity contribution in [1.82, 2.24) is 9.80 Å². The standard InChI is InChI=1S/C22H29N5O.CH4/c1-16-4-9-20(14-21(16)24-17(2)23)25-22(28)19-7-5-18(6-8-19)15-27-12-10-26(3)11-13-27;/h4-9,14H,10-13,15H2,1-3H3,(H2,23,24)(H,25,28);1H4. The topological polar surface area (TPSA) is 74.0 Å². The van der Waals surface area contributed by atoms with E-state index in [2.05, 4.69) is 27.2 Å². The number of carbonyl (C=O) groups is 1. The maximum Gasteiger partial charge on any atom is 0.255 e. The molecule has 2 aromatic carbocycles. The highest BCUT2D eigenvalue weighted by Crippen LogP contribution is 2.23. The molecule has 0 saturated carbocycles. The van der Waals surface area contributed by atoms with Crippen molar-refractivity contribution in [2.45, 2.75) is 27.8 Å². The highest BCUT2D eigenvalue weighted by molar-refractivity contribution is 6.04. The Hall–Kier alpha value is -2.70. The van der Waals surface area contributed by atoms with Crippen molar-refractivity contribution < 1.29 is 4.79 Å². The molecule has 0 unspecified atom stereocenters. The number of hydrogen-bond donors (Lipinski definition) is 2. The normalized spacial score (nSPS) is 15.6. The number of anilines is 1. The van der Waals surface area contributed by atoms with Crippen molar-refractivity contribution in [3.8, 4) is 0 Å². The number of piperazine rings is 1. The lowest BCUT2D eigenvalue weighted by atomic mass is 10.1. The third-order valence-corrected chi connectivity index (χ3v) is 4.98. The molecule has 29 heavy (non-hydrogen) atoms. The number of amidine groups is 1. The molecule has 0 aliphatic carbocycles. The Bertz CT molecular complexity index is 848. The summed E-state index contributed by atoms with van der Waals surface area (Å²) in [7, 11) is 2.16. The molecule has 1 fully saturated rings. The summed E-state index contributed by atoms with van der Waals surface area (Å²) in [6.07, 6.45) is 0. The van der Waals surface area contributed by atoms with Crippen LogP contribution in [0.4, 0.5) is 11.4 Å². The van der Waals surface area contributed by atoms with Crippen LogP contribution in [0, 0.1) is 6.92 Å². The van der Waals surface area contributed by atoms with Gasteiger partial charge in [0.25, 0.3) is 5.91 Å². The smallest absolute Gasteiger partial charge is 0.255 e. The van der Waals surface area contributed by atoms with E-state index in [1.165, 1.54) is 5.56 Å². The minimum atomic E-state index is -0.130. The molecule has 156 valence electrons. The van der Waals surface area contributed by atoms with Gasteiger partial charge in [0.15, 0.2) is 0 Å². The van der Waals surface area contributed by atoms with Crippen LogP contribution in [0.2, 0.25) is 0 Å². The molecule has 0 bridgehead atoms. The van der Waals surface area contributed by atoms with E-state index < -0.39 is 0 Å². The first-order valence-corrected chi connectivity index (χ1v) is 9.63. The first-order chi connectivity index (χ1) is 13.4. The molecule has 6 nitrogen and oxygen atoms in total. The number of carbonyl (C=O) groups excluding carboxylic acids is 1. The fourth-order valence-corrected chi connectivity index (χ4v) is 3.23. The van der Waals surface area contributed by atoms with Gasteiger partial charge in [-0.05, 0) is 56.3 Å². The van der Waals surface area contributed by atoms with Crippen LogP contribution in [0.1, 0.15) is 35.8 Å². The van der Waals surface area contributed by atoms with Crippen molar-refractivity contribution >= 4 is 23.1 Å². The van der Waals surface area contributed by atoms with Crippen molar-refractivity contribution in [1.29, 1.82) is 0 Å². The minimum absolute atomic E-state index is 0. The summed E-state index contributed by atoms with van der Waals surface area (Å²) in [5.74, 6) is 0.358. The van der Waals surface area contributed by atoms with Crippen LogP contribution < -0.4 is 11.1 Å². The molecule has 3 rings (SSSR count). The van der Waals surface area contributed by atoms with Gasteiger partial charge in [-0.3, -0.25) is 9.69 Å². The Morgan fingerprint density at radius 1 is 1.10 bits per heavy atom. The molecule has 1 amide bonds. The number of likely N-dealkylation sites (N-methyl/N-ethyl adjacent to an activating group) is 1. The van der Waals surface area contributed by atoms with Crippen LogP contribution in [-0.2, 0) is 6.54 Å². The van der Waals surface area contributed by atoms with Gasteiger partial charge in [0.1, 0.15) is 0 Å². The van der Waals surface area contributed by atoms with Crippen LogP contribution >= 0.6 is 0 Å². The van der Waals surface area contributed by atoms with E-state index in [1.807, 2.05) is 49.4 Å². The molecule has 6 heteroatoms. The second kappa shape index (κ2) is 10.2. The van der Waals surface area contributed by atoms with Gasteiger partial charge >= 0.3 is 0 Å². The monoisotopic (exact) mass is 395 g/mol. The van der Waals surface area contributed by atoms with Crippen molar-refractivity contribution in [2.75, 3.05) is 38.5 Å². The van der Waals surface area contributed by atoms with E-state index in [9.17, 15) is 4.79 Å². The predicted octanol–water partition coefficient (Wildman–Crippen LogP) is 3.64. The van der Waals surface area contributed by atoms with Gasteiger partial charge in [-0.25, -0.2) is 4.99 Å². The molecule has 0 spiro atoms. The summed E-state index contributed by atoms with van der Waals surface area (Å²) in [5.41, 5.74) is 10.0. The third kappa shape index (κ3) is 6.41. The largest absolute Gasteiger partial charge is 0.387 e. The highest BCUT2D eigenvalue weighted by atomic mass is 16.1. The Morgan fingerprint density at radius 3 is 2.38 bits per heavy atom. The molecule has 3 N–H and O–H groups in total. The van der Waals surface area contributed by atoms with Crippen LogP contribution in [0.3, 0.4) is 0 Å². The van der Waals surface area contributed by atoms with E-state index in [1.54, 1.807) is 6.92 Å². The number of nitrogens with two attached hydrogens (primary N) is 1. The number of hydrogen-bond acceptors (Lipinski definition) is 4. The Balaban J connectivity index is 0.00000300. The van der Waals surface area contributed by atoms with Crippen molar-refractivity contribution in [2.24, 2.45) is 10.7 Å². The van der Waals surface area contributed by atoms with Gasteiger partial charge in [-0.15, -0.1) is 0 Å². The third-order valence-electron chi connectivity index (χ3n) is 4.98. The lowest BCUT2D eigenvalue weighted by molar-refractivity contribution is 0.102. The Labute approximate surface area is 174 Å². The van der Waals surface area contributed by atoms with Crippen LogP contribution in [0.15, 0.2) is 47.5 Å². The number of aliphatic imine (C=N–C) groups is 1. The maximum absolute atomic E-state index is 12.6. The maximum atomic E-state index is 12.6. The average Bonchev–Trinajstić information content (AvgIpc) is 2.66. The van der Waals surface area contributed by atoms with E-state index in [4.69, 9.17) is 5.73 Å². The average molecular weight is 396 g/mol. The number of rotatable bonds is 5. The number of nitrogens with one attached hydrogen (secondary N) is 1. The van der Waals surface area contributed by atoms with E-state index in [-0.39, 0.29) is 13.3 Å². The fraction of sp³-hybridized carbons (Fsp3) is 0.391. The summed E-state index contributed by atoms with van der Waals surface area (Å²) in [6.45, 7) is 9.01. The minimum Gasteiger partial charge on any atom is -0.387 e. The number of benzene rings is 2. The molecule has 0 atom stereocenters. The Morgan fingerprint density at radius 2 is 1.76 bits per heavy atom. The SMILES string of the molecule is C.CC(N)=Nc1cc(NC(=O)c2ccc(CN3CCN(C)CC3)cc2)ccc1C. The van der Waals surface area contributed by atoms with Crippen molar-refractivity contribution in [3.63, 3.8) is 0 Å². The van der Waals surface area contributed by atoms with Crippen molar-refractivity contribution in [3.05, 3.63) is 59.2 Å². The molecule has 1 heterocycles. The second-order valence-electron chi connectivity index (χ2n) is 7.48. The van der Waals surface area contributed by atoms with Crippen LogP contribution in [-0.4, -0.2) is 54.8 Å². The van der Waals surface area contributed by atoms with Crippen LogP contribution in [0.25, 0.3) is 0 Å². The molecular weight excluding hydrogens is 362 g/mol. The van der Waals surface area contributed by atoms with Crippen LogP contribution in [0.5, 0.6) is 0 Å².